The van der Waals surface area contributed by atoms with Gasteiger partial charge in [-0.3, -0.25) is 4.79 Å². The van der Waals surface area contributed by atoms with Gasteiger partial charge in [0.25, 0.3) is 0 Å². The van der Waals surface area contributed by atoms with E-state index < -0.39 is 0 Å². The average Bonchev–Trinajstić information content (AvgIpc) is 2.57. The summed E-state index contributed by atoms with van der Waals surface area (Å²) >= 11 is 0. The van der Waals surface area contributed by atoms with Crippen LogP contribution in [0.15, 0.2) is 60.7 Å². The molecule has 1 amide bonds. The Morgan fingerprint density at radius 3 is 2.33 bits per heavy atom. The van der Waals surface area contributed by atoms with Crippen molar-refractivity contribution in [1.82, 2.24) is 5.32 Å². The van der Waals surface area contributed by atoms with E-state index in [1.165, 1.54) is 11.6 Å². The molecule has 0 aliphatic heterocycles. The van der Waals surface area contributed by atoms with Gasteiger partial charge in [0.1, 0.15) is 12.4 Å². The number of benzene rings is 2. The fourth-order valence-electron chi connectivity index (χ4n) is 2.19. The van der Waals surface area contributed by atoms with Gasteiger partial charge in [0.15, 0.2) is 0 Å². The molecule has 0 bridgehead atoms. The van der Waals surface area contributed by atoms with Crippen LogP contribution in [0.4, 0.5) is 0 Å². The Kier molecular flexibility index (Phi) is 6.19. The molecule has 0 spiro atoms. The van der Waals surface area contributed by atoms with Crippen LogP contribution in [-0.4, -0.2) is 19.1 Å². The van der Waals surface area contributed by atoms with E-state index in [0.717, 1.165) is 11.3 Å². The molecule has 0 heterocycles. The minimum atomic E-state index is -0.120. The summed E-state index contributed by atoms with van der Waals surface area (Å²) in [5, 5.41) is 2.81. The summed E-state index contributed by atoms with van der Waals surface area (Å²) in [5.74, 6) is 0.697. The van der Waals surface area contributed by atoms with E-state index in [2.05, 4.69) is 38.2 Å². The molecule has 0 unspecified atom stereocenters. The summed E-state index contributed by atoms with van der Waals surface area (Å²) in [5.41, 5.74) is 2.41. The Bertz CT molecular complexity index is 667. The highest BCUT2D eigenvalue weighted by atomic mass is 16.5. The molecule has 2 aromatic carbocycles. The number of hydrogen-bond acceptors (Lipinski definition) is 2. The van der Waals surface area contributed by atoms with Crippen molar-refractivity contribution in [3.8, 4) is 5.75 Å². The number of carbonyl (C=O) groups excluding carboxylic acids is 1. The number of hydrogen-bond donors (Lipinski definition) is 1. The number of ether oxygens (including phenoxy) is 1. The Balaban J connectivity index is 1.71. The molecule has 0 saturated heterocycles. The van der Waals surface area contributed by atoms with E-state index in [-0.39, 0.29) is 11.3 Å². The molecule has 0 fully saturated rings. The number of rotatable bonds is 6. The zero-order valence-corrected chi connectivity index (χ0v) is 14.6. The van der Waals surface area contributed by atoms with Crippen molar-refractivity contribution in [2.24, 2.45) is 0 Å². The molecule has 3 nitrogen and oxygen atoms in total. The predicted octanol–water partition coefficient (Wildman–Crippen LogP) is 4.19. The van der Waals surface area contributed by atoms with E-state index in [9.17, 15) is 4.79 Å². The zero-order valence-electron chi connectivity index (χ0n) is 14.6. The van der Waals surface area contributed by atoms with Crippen molar-refractivity contribution in [2.45, 2.75) is 26.2 Å². The smallest absolute Gasteiger partial charge is 0.244 e. The van der Waals surface area contributed by atoms with Crippen LogP contribution in [0.3, 0.4) is 0 Å². The van der Waals surface area contributed by atoms with Crippen LogP contribution >= 0.6 is 0 Å². The number of carbonyl (C=O) groups is 1. The Morgan fingerprint density at radius 1 is 1.04 bits per heavy atom. The van der Waals surface area contributed by atoms with Gasteiger partial charge in [-0.15, -0.1) is 0 Å². The molecule has 2 rings (SSSR count). The summed E-state index contributed by atoms with van der Waals surface area (Å²) in [6.45, 7) is 7.46. The fourth-order valence-corrected chi connectivity index (χ4v) is 2.19. The van der Waals surface area contributed by atoms with Crippen LogP contribution in [0.5, 0.6) is 5.75 Å². The molecule has 2 aromatic rings. The van der Waals surface area contributed by atoms with Crippen molar-refractivity contribution >= 4 is 12.0 Å². The van der Waals surface area contributed by atoms with E-state index in [0.29, 0.717) is 13.2 Å². The van der Waals surface area contributed by atoms with Crippen LogP contribution < -0.4 is 10.1 Å². The summed E-state index contributed by atoms with van der Waals surface area (Å²) < 4.78 is 5.65. The van der Waals surface area contributed by atoms with Crippen LogP contribution in [-0.2, 0) is 10.2 Å². The number of amides is 1. The summed E-state index contributed by atoms with van der Waals surface area (Å²) in [7, 11) is 0. The van der Waals surface area contributed by atoms with Crippen LogP contribution in [0.1, 0.15) is 31.9 Å². The monoisotopic (exact) mass is 323 g/mol. The zero-order chi connectivity index (χ0) is 17.4. The van der Waals surface area contributed by atoms with Gasteiger partial charge in [0, 0.05) is 6.08 Å². The summed E-state index contributed by atoms with van der Waals surface area (Å²) in [4.78, 5) is 11.7. The molecule has 126 valence electrons. The first-order valence-electron chi connectivity index (χ1n) is 8.19. The second-order valence-corrected chi connectivity index (χ2v) is 6.66. The van der Waals surface area contributed by atoms with Crippen molar-refractivity contribution in [2.75, 3.05) is 13.2 Å². The highest BCUT2D eigenvalue weighted by Crippen LogP contribution is 2.24. The topological polar surface area (TPSA) is 38.3 Å². The van der Waals surface area contributed by atoms with Crippen molar-refractivity contribution in [1.29, 1.82) is 0 Å². The second kappa shape index (κ2) is 8.34. The van der Waals surface area contributed by atoms with E-state index in [1.54, 1.807) is 6.08 Å². The fraction of sp³-hybridized carbons (Fsp3) is 0.286. The molecule has 24 heavy (non-hydrogen) atoms. The van der Waals surface area contributed by atoms with Gasteiger partial charge in [-0.25, -0.2) is 0 Å². The third-order valence-corrected chi connectivity index (χ3v) is 3.62. The van der Waals surface area contributed by atoms with Crippen molar-refractivity contribution < 1.29 is 9.53 Å². The van der Waals surface area contributed by atoms with Gasteiger partial charge >= 0.3 is 0 Å². The number of nitrogens with one attached hydrogen (secondary N) is 1. The first-order valence-corrected chi connectivity index (χ1v) is 8.19. The molecule has 3 heteroatoms. The van der Waals surface area contributed by atoms with Gasteiger partial charge in [0.05, 0.1) is 6.54 Å². The molecule has 1 N–H and O–H groups in total. The lowest BCUT2D eigenvalue weighted by molar-refractivity contribution is -0.116. The highest BCUT2D eigenvalue weighted by Gasteiger charge is 2.12. The molecule has 0 aliphatic carbocycles. The van der Waals surface area contributed by atoms with Crippen LogP contribution in [0, 0.1) is 0 Å². The van der Waals surface area contributed by atoms with E-state index in [1.807, 2.05) is 42.5 Å². The molecule has 0 radical (unpaired) electrons. The quantitative estimate of drug-likeness (QED) is 0.639. The first-order chi connectivity index (χ1) is 11.4. The van der Waals surface area contributed by atoms with E-state index >= 15 is 0 Å². The minimum absolute atomic E-state index is 0.120. The standard InChI is InChI=1S/C21H25NO2/c1-21(2,3)18-10-12-19(13-11-18)24-16-15-22-20(23)14-9-17-7-5-4-6-8-17/h4-14H,15-16H2,1-3H3,(H,22,23)/b14-9+. The normalized spacial score (nSPS) is 11.5. The molecule has 0 saturated carbocycles. The molecule has 0 aliphatic rings. The Hall–Kier alpha value is -2.55. The van der Waals surface area contributed by atoms with Gasteiger partial charge in [0.2, 0.25) is 5.91 Å². The lowest BCUT2D eigenvalue weighted by Crippen LogP contribution is -2.26. The van der Waals surface area contributed by atoms with Gasteiger partial charge in [-0.1, -0.05) is 63.2 Å². The highest BCUT2D eigenvalue weighted by molar-refractivity contribution is 5.91. The first kappa shape index (κ1) is 17.8. The Labute approximate surface area is 144 Å². The second-order valence-electron chi connectivity index (χ2n) is 6.66. The Morgan fingerprint density at radius 2 is 1.71 bits per heavy atom. The van der Waals surface area contributed by atoms with Gasteiger partial charge in [-0.05, 0) is 34.8 Å². The summed E-state index contributed by atoms with van der Waals surface area (Å²) in [6, 6.07) is 17.8. The van der Waals surface area contributed by atoms with Crippen molar-refractivity contribution in [3.05, 3.63) is 71.8 Å². The van der Waals surface area contributed by atoms with Crippen LogP contribution in [0.2, 0.25) is 0 Å². The molecular weight excluding hydrogens is 298 g/mol. The molecule has 0 aromatic heterocycles. The van der Waals surface area contributed by atoms with Crippen LogP contribution in [0.25, 0.3) is 6.08 Å². The minimum Gasteiger partial charge on any atom is -0.492 e. The molecule has 0 atom stereocenters. The molecular formula is C21H25NO2. The maximum absolute atomic E-state index is 11.7. The van der Waals surface area contributed by atoms with E-state index in [4.69, 9.17) is 4.74 Å². The summed E-state index contributed by atoms with van der Waals surface area (Å²) in [6.07, 6.45) is 3.33. The lowest BCUT2D eigenvalue weighted by Gasteiger charge is -2.19. The largest absolute Gasteiger partial charge is 0.492 e. The van der Waals surface area contributed by atoms with Crippen molar-refractivity contribution in [3.63, 3.8) is 0 Å². The SMILES string of the molecule is CC(C)(C)c1ccc(OCCNC(=O)/C=C/c2ccccc2)cc1. The third kappa shape index (κ3) is 5.92. The predicted molar refractivity (Wildman–Crippen MR) is 99.1 cm³/mol. The van der Waals surface area contributed by atoms with Gasteiger partial charge < -0.3 is 10.1 Å². The lowest BCUT2D eigenvalue weighted by atomic mass is 9.87. The van der Waals surface area contributed by atoms with Gasteiger partial charge in [-0.2, -0.15) is 0 Å². The maximum atomic E-state index is 11.7. The average molecular weight is 323 g/mol. The maximum Gasteiger partial charge on any atom is 0.244 e. The third-order valence-electron chi connectivity index (χ3n) is 3.62.